The standard InChI is InChI=1S/C27H31ClFN7O2/c1-3-18(24-5-4-20(29)11-30-24)14-38-25-10-19(13-35-27(25)23(28)12-31-35)26-17(2)36(33-32-26)21-6-8-34(9-7-21)22-15-37-16-22/h4-5,10-13,18,21-22H,3,6-9,14-16H2,1-2H3. The quantitative estimate of drug-likeness (QED) is 0.321. The zero-order chi connectivity index (χ0) is 26.2. The lowest BCUT2D eigenvalue weighted by atomic mass is 10.0. The van der Waals surface area contributed by atoms with Gasteiger partial charge >= 0.3 is 0 Å². The first-order valence-corrected chi connectivity index (χ1v) is 13.5. The Labute approximate surface area is 225 Å². The minimum absolute atomic E-state index is 0.000907. The summed E-state index contributed by atoms with van der Waals surface area (Å²) >= 11 is 6.48. The van der Waals surface area contributed by atoms with Gasteiger partial charge in [-0.15, -0.1) is 5.10 Å². The maximum Gasteiger partial charge on any atom is 0.147 e. The van der Waals surface area contributed by atoms with E-state index in [0.717, 1.165) is 68.2 Å². The molecule has 2 fully saturated rings. The van der Waals surface area contributed by atoms with E-state index >= 15 is 0 Å². The van der Waals surface area contributed by atoms with Crippen LogP contribution in [-0.2, 0) is 4.74 Å². The zero-order valence-corrected chi connectivity index (χ0v) is 22.3. The van der Waals surface area contributed by atoms with Crippen LogP contribution < -0.4 is 4.74 Å². The normalized spacial score (nSPS) is 18.1. The molecule has 6 rings (SSSR count). The van der Waals surface area contributed by atoms with Crippen LogP contribution in [0.3, 0.4) is 0 Å². The average Bonchev–Trinajstić information content (AvgIpc) is 3.47. The van der Waals surface area contributed by atoms with Crippen LogP contribution in [0.25, 0.3) is 16.8 Å². The van der Waals surface area contributed by atoms with Crippen molar-refractivity contribution in [1.82, 2.24) is 34.5 Å². The summed E-state index contributed by atoms with van der Waals surface area (Å²) in [5.41, 5.74) is 4.14. The van der Waals surface area contributed by atoms with Crippen molar-refractivity contribution in [3.63, 3.8) is 0 Å². The Morgan fingerprint density at radius 3 is 2.68 bits per heavy atom. The third-order valence-electron chi connectivity index (χ3n) is 7.82. The highest BCUT2D eigenvalue weighted by atomic mass is 35.5. The fourth-order valence-electron chi connectivity index (χ4n) is 5.40. The van der Waals surface area contributed by atoms with Crippen molar-refractivity contribution in [3.8, 4) is 17.0 Å². The lowest BCUT2D eigenvalue weighted by Gasteiger charge is -2.41. The third kappa shape index (κ3) is 4.76. The third-order valence-corrected chi connectivity index (χ3v) is 8.09. The number of halogens is 2. The number of pyridine rings is 2. The van der Waals surface area contributed by atoms with Crippen LogP contribution in [0, 0.1) is 12.7 Å². The van der Waals surface area contributed by atoms with Gasteiger partial charge < -0.3 is 9.47 Å². The zero-order valence-electron chi connectivity index (χ0n) is 21.6. The number of rotatable bonds is 8. The highest BCUT2D eigenvalue weighted by molar-refractivity contribution is 6.34. The molecule has 38 heavy (non-hydrogen) atoms. The lowest BCUT2D eigenvalue weighted by Crippen LogP contribution is -2.52. The van der Waals surface area contributed by atoms with Gasteiger partial charge in [0.15, 0.2) is 0 Å². The molecule has 0 spiro atoms. The molecule has 200 valence electrons. The molecule has 2 saturated heterocycles. The number of fused-ring (bicyclic) bond motifs is 1. The van der Waals surface area contributed by atoms with Gasteiger partial charge in [0.25, 0.3) is 0 Å². The van der Waals surface area contributed by atoms with E-state index in [1.54, 1.807) is 16.8 Å². The molecule has 2 aliphatic rings. The summed E-state index contributed by atoms with van der Waals surface area (Å²) in [5.74, 6) is 0.253. The van der Waals surface area contributed by atoms with Gasteiger partial charge in [0.1, 0.15) is 22.8 Å². The molecule has 0 bridgehead atoms. The van der Waals surface area contributed by atoms with Crippen molar-refractivity contribution in [2.24, 2.45) is 0 Å². The summed E-state index contributed by atoms with van der Waals surface area (Å²) < 4.78 is 28.9. The minimum Gasteiger partial charge on any atom is -0.491 e. The van der Waals surface area contributed by atoms with Crippen LogP contribution in [0.4, 0.5) is 4.39 Å². The maximum absolute atomic E-state index is 13.4. The SMILES string of the molecule is CCC(COc1cc(-c2nnn(C3CCN(C4COC4)CC3)c2C)cn2ncc(Cl)c12)c1ccc(F)cn1. The maximum atomic E-state index is 13.4. The number of hydrogen-bond donors (Lipinski definition) is 0. The molecule has 2 aliphatic heterocycles. The molecule has 1 unspecified atom stereocenters. The van der Waals surface area contributed by atoms with Gasteiger partial charge in [0.2, 0.25) is 0 Å². The number of piperidine rings is 1. The smallest absolute Gasteiger partial charge is 0.147 e. The Morgan fingerprint density at radius 1 is 1.18 bits per heavy atom. The van der Waals surface area contributed by atoms with E-state index < -0.39 is 0 Å². The predicted molar refractivity (Wildman–Crippen MR) is 141 cm³/mol. The van der Waals surface area contributed by atoms with Crippen molar-refractivity contribution in [1.29, 1.82) is 0 Å². The van der Waals surface area contributed by atoms with Crippen LogP contribution in [0.5, 0.6) is 5.75 Å². The number of hydrogen-bond acceptors (Lipinski definition) is 7. The van der Waals surface area contributed by atoms with Gasteiger partial charge in [-0.25, -0.2) is 13.6 Å². The molecule has 11 heteroatoms. The van der Waals surface area contributed by atoms with Gasteiger partial charge in [-0.3, -0.25) is 9.88 Å². The van der Waals surface area contributed by atoms with E-state index in [9.17, 15) is 4.39 Å². The number of nitrogens with zero attached hydrogens (tertiary/aromatic N) is 7. The molecule has 9 nitrogen and oxygen atoms in total. The van der Waals surface area contributed by atoms with E-state index in [0.29, 0.717) is 35.0 Å². The van der Waals surface area contributed by atoms with Crippen molar-refractivity contribution >= 4 is 17.1 Å². The Balaban J connectivity index is 1.24. The molecule has 6 heterocycles. The first-order chi connectivity index (χ1) is 18.5. The van der Waals surface area contributed by atoms with E-state index in [1.807, 2.05) is 12.3 Å². The van der Waals surface area contributed by atoms with Crippen molar-refractivity contribution in [2.45, 2.75) is 51.1 Å². The Kier molecular flexibility index (Phi) is 7.03. The molecule has 4 aromatic rings. The fraction of sp³-hybridized carbons (Fsp3) is 0.481. The fourth-order valence-corrected chi connectivity index (χ4v) is 5.63. The van der Waals surface area contributed by atoms with Gasteiger partial charge in [0, 0.05) is 36.5 Å². The molecule has 0 aliphatic carbocycles. The summed E-state index contributed by atoms with van der Waals surface area (Å²) in [4.78, 5) is 6.77. The molecule has 0 radical (unpaired) electrons. The molecule has 4 aromatic heterocycles. The highest BCUT2D eigenvalue weighted by Crippen LogP contribution is 2.35. The Hall–Kier alpha value is -3.08. The Bertz CT molecular complexity index is 1410. The average molecular weight is 540 g/mol. The Morgan fingerprint density at radius 2 is 2.00 bits per heavy atom. The highest BCUT2D eigenvalue weighted by Gasteiger charge is 2.31. The molecular weight excluding hydrogens is 509 g/mol. The van der Waals surface area contributed by atoms with Gasteiger partial charge in [-0.2, -0.15) is 5.10 Å². The molecule has 0 amide bonds. The van der Waals surface area contributed by atoms with E-state index in [-0.39, 0.29) is 11.7 Å². The molecule has 0 aromatic carbocycles. The van der Waals surface area contributed by atoms with Crippen LogP contribution in [0.15, 0.2) is 36.8 Å². The molecule has 0 saturated carbocycles. The predicted octanol–water partition coefficient (Wildman–Crippen LogP) is 4.70. The topological polar surface area (TPSA) is 82.6 Å². The van der Waals surface area contributed by atoms with E-state index in [4.69, 9.17) is 21.1 Å². The minimum atomic E-state index is -0.355. The lowest BCUT2D eigenvalue weighted by molar-refractivity contribution is -0.0735. The van der Waals surface area contributed by atoms with Crippen LogP contribution in [0.1, 0.15) is 49.5 Å². The van der Waals surface area contributed by atoms with E-state index in [2.05, 4.69) is 43.8 Å². The summed E-state index contributed by atoms with van der Waals surface area (Å²) in [6.45, 7) is 8.28. The van der Waals surface area contributed by atoms with Crippen molar-refractivity contribution in [2.75, 3.05) is 32.9 Å². The first-order valence-electron chi connectivity index (χ1n) is 13.2. The molecule has 0 N–H and O–H groups in total. The van der Waals surface area contributed by atoms with Crippen LogP contribution >= 0.6 is 11.6 Å². The second-order valence-corrected chi connectivity index (χ2v) is 10.5. The second kappa shape index (κ2) is 10.6. The number of ether oxygens (including phenoxy) is 2. The van der Waals surface area contributed by atoms with Crippen molar-refractivity contribution in [3.05, 3.63) is 59.0 Å². The first kappa shape index (κ1) is 25.2. The molecular formula is C27H31ClFN7O2. The van der Waals surface area contributed by atoms with Gasteiger partial charge in [-0.1, -0.05) is 23.7 Å². The van der Waals surface area contributed by atoms with Crippen molar-refractivity contribution < 1.29 is 13.9 Å². The number of likely N-dealkylation sites (tertiary alicyclic amines) is 1. The second-order valence-electron chi connectivity index (χ2n) is 10.1. The number of aromatic nitrogens is 6. The van der Waals surface area contributed by atoms with Gasteiger partial charge in [-0.05, 0) is 44.4 Å². The summed E-state index contributed by atoms with van der Waals surface area (Å²) in [6, 6.07) is 5.97. The monoisotopic (exact) mass is 539 g/mol. The molecule has 1 atom stereocenters. The van der Waals surface area contributed by atoms with E-state index in [1.165, 1.54) is 12.3 Å². The summed E-state index contributed by atoms with van der Waals surface area (Å²) in [7, 11) is 0. The largest absolute Gasteiger partial charge is 0.491 e. The van der Waals surface area contributed by atoms with Gasteiger partial charge in [0.05, 0.1) is 55.0 Å². The summed E-state index contributed by atoms with van der Waals surface area (Å²) in [6.07, 6.45) is 7.63. The van der Waals surface area contributed by atoms with Crippen LogP contribution in [0.2, 0.25) is 5.02 Å². The van der Waals surface area contributed by atoms with Crippen LogP contribution in [-0.4, -0.2) is 73.4 Å². The summed E-state index contributed by atoms with van der Waals surface area (Å²) in [5, 5.41) is 14.1.